The summed E-state index contributed by atoms with van der Waals surface area (Å²) in [7, 11) is 1.55. The smallest absolute Gasteiger partial charge is 0.256 e. The Morgan fingerprint density at radius 2 is 0.982 bits per heavy atom. The van der Waals surface area contributed by atoms with Crippen molar-refractivity contribution in [2.75, 3.05) is 33.3 Å². The number of aromatic nitrogens is 4. The number of amides is 4. The summed E-state index contributed by atoms with van der Waals surface area (Å²) in [6.07, 6.45) is 4.66. The highest BCUT2D eigenvalue weighted by atomic mass is 32.1. The molecule has 4 aliphatic rings. The number of likely N-dealkylation sites (tertiary alicyclic amines) is 3. The second kappa shape index (κ2) is 37.4. The minimum Gasteiger partial charge on any atom is -0.497 e. The lowest BCUT2D eigenvalue weighted by molar-refractivity contribution is -0.142. The lowest BCUT2D eigenvalue weighted by Crippen LogP contribution is -2.54. The van der Waals surface area contributed by atoms with Crippen molar-refractivity contribution >= 4 is 75.0 Å². The number of β-amino-alcohol motifs (C(OH)–C–C–N with tert-alkyl or cyclic N) is 3. The number of benzene rings is 5. The van der Waals surface area contributed by atoms with Crippen LogP contribution in [0.2, 0.25) is 0 Å². The first kappa shape index (κ1) is 80.7. The molecule has 4 N–H and O–H groups in total. The number of pyridine rings is 1. The molecule has 9 aromatic rings. The third kappa shape index (κ3) is 19.8. The number of hydrogen-bond donors (Lipinski definition) is 4. The van der Waals surface area contributed by atoms with Crippen LogP contribution in [0.5, 0.6) is 5.75 Å². The van der Waals surface area contributed by atoms with Crippen LogP contribution < -0.4 is 10.1 Å². The van der Waals surface area contributed by atoms with Gasteiger partial charge >= 0.3 is 0 Å². The largest absolute Gasteiger partial charge is 0.497 e. The molecular formula is C86H99N9O11S3. The number of thiazole rings is 3. The number of rotatable bonds is 27. The Bertz CT molecular complexity index is 4620. The number of aliphatic hydroxyl groups excluding tert-OH is 3. The summed E-state index contributed by atoms with van der Waals surface area (Å²) >= 11 is 4.84. The zero-order valence-electron chi connectivity index (χ0n) is 63.5. The molecule has 0 bridgehead atoms. The highest BCUT2D eigenvalue weighted by Gasteiger charge is 2.47. The molecule has 4 aliphatic heterocycles. The molecule has 13 rings (SSSR count). The highest BCUT2D eigenvalue weighted by Crippen LogP contribution is 2.35. The number of nitrogens with zero attached hydrogens (tertiary/aromatic N) is 8. The van der Waals surface area contributed by atoms with Gasteiger partial charge in [0.1, 0.15) is 11.8 Å². The number of methoxy groups -OCH3 is 1. The van der Waals surface area contributed by atoms with E-state index < -0.39 is 42.5 Å². The maximum Gasteiger partial charge on any atom is 0.256 e. The zero-order chi connectivity index (χ0) is 77.6. The van der Waals surface area contributed by atoms with E-state index >= 15 is 0 Å². The Balaban J connectivity index is 0.000000163. The molecule has 3 fully saturated rings. The number of fused-ring (bicyclic) bond motifs is 1. The van der Waals surface area contributed by atoms with Crippen LogP contribution in [0.4, 0.5) is 0 Å². The Kier molecular flexibility index (Phi) is 27.7. The van der Waals surface area contributed by atoms with Gasteiger partial charge in [-0.3, -0.25) is 38.5 Å². The molecule has 0 aliphatic carbocycles. The van der Waals surface area contributed by atoms with Crippen LogP contribution in [-0.4, -0.2) is 178 Å². The van der Waals surface area contributed by atoms with Crippen LogP contribution in [-0.2, 0) is 56.2 Å². The molecule has 0 radical (unpaired) electrons. The summed E-state index contributed by atoms with van der Waals surface area (Å²) in [6, 6.07) is 40.5. The normalized spacial score (nSPS) is 18.9. The van der Waals surface area contributed by atoms with Gasteiger partial charge in [0.25, 0.3) is 11.8 Å². The molecule has 109 heavy (non-hydrogen) atoms. The average molecular weight is 1530 g/mol. The van der Waals surface area contributed by atoms with E-state index in [1.807, 2.05) is 119 Å². The molecule has 0 saturated carbocycles. The first-order valence-electron chi connectivity index (χ1n) is 37.7. The van der Waals surface area contributed by atoms with Gasteiger partial charge in [-0.05, 0) is 141 Å². The Hall–Kier alpha value is -9.33. The lowest BCUT2D eigenvalue weighted by Gasteiger charge is -2.35. The van der Waals surface area contributed by atoms with E-state index in [0.717, 1.165) is 83.5 Å². The van der Waals surface area contributed by atoms with Crippen molar-refractivity contribution in [3.05, 3.63) is 218 Å². The fourth-order valence-corrected chi connectivity index (χ4v) is 17.4. The van der Waals surface area contributed by atoms with Crippen molar-refractivity contribution in [1.29, 1.82) is 0 Å². The number of hydrogen-bond acceptors (Lipinski definition) is 19. The molecule has 20 nitrogen and oxygen atoms in total. The molecule has 3 saturated heterocycles. The van der Waals surface area contributed by atoms with E-state index in [0.29, 0.717) is 67.6 Å². The molecule has 4 amide bonds. The van der Waals surface area contributed by atoms with Crippen LogP contribution in [0.3, 0.4) is 0 Å². The van der Waals surface area contributed by atoms with Crippen molar-refractivity contribution < 1.29 is 53.6 Å². The number of aryl methyl sites for hydroxylation is 7. The molecule has 572 valence electrons. The predicted octanol–water partition coefficient (Wildman–Crippen LogP) is 12.7. The number of aliphatic hydroxyl groups is 3. The summed E-state index contributed by atoms with van der Waals surface area (Å²) in [5.41, 5.74) is 18.8. The second-order valence-electron chi connectivity index (χ2n) is 29.3. The first-order chi connectivity index (χ1) is 52.5. The summed E-state index contributed by atoms with van der Waals surface area (Å²) < 4.78 is 5.25. The number of nitrogens with one attached hydrogen (secondary N) is 1. The number of ether oxygens (including phenoxy) is 1. The molecular weight excluding hydrogens is 1430 g/mol. The molecule has 23 heteroatoms. The Morgan fingerprint density at radius 3 is 1.40 bits per heavy atom. The van der Waals surface area contributed by atoms with Crippen molar-refractivity contribution in [2.45, 2.75) is 181 Å². The van der Waals surface area contributed by atoms with Gasteiger partial charge in [0.15, 0.2) is 17.3 Å². The second-order valence-corrected chi connectivity index (χ2v) is 31.9. The van der Waals surface area contributed by atoms with Gasteiger partial charge in [0, 0.05) is 69.9 Å². The van der Waals surface area contributed by atoms with Gasteiger partial charge in [-0.1, -0.05) is 143 Å². The summed E-state index contributed by atoms with van der Waals surface area (Å²) in [5.74, 6) is -0.381. The van der Waals surface area contributed by atoms with Gasteiger partial charge in [-0.25, -0.2) is 15.0 Å². The number of carbonyl (C=O) groups is 7. The fraction of sp³-hybridized carbons (Fsp3) is 0.407. The SMILES string of the molecule is CC[C@H](C)[C@H](NCCc1ccccc1)C(=O)N1C[C@H](O)C[C@H]1C(=O)CCc1ccc(-c2scnc2C)cc1.COc1ccc(C)c(C(=O)N2C[C@H](O)C[C@H]2C(=O)CCc2ccc(-c3scnc3C)cc2)c1.Cc1ncsc1-c1ccc(CCC(=O)[C@@H]2C[C@@H](O)CN2C(=O)[C@H](C(C)C)N2Cc3ncccc3C2=O)cc1. The monoisotopic (exact) mass is 1530 g/mol. The van der Waals surface area contributed by atoms with Crippen molar-refractivity contribution in [3.8, 4) is 37.1 Å². The van der Waals surface area contributed by atoms with Gasteiger partial charge in [0.2, 0.25) is 11.8 Å². The van der Waals surface area contributed by atoms with E-state index in [-0.39, 0.29) is 104 Å². The number of ketones is 3. The standard InChI is InChI=1S/C31H39N3O3S.C29H32N4O4S.C26H28N2O4S/c1-4-21(2)29(32-17-16-23-8-6-5-7-9-23)31(37)34-19-26(35)18-27(34)28(36)15-12-24-10-13-25(14-11-24)30-22(3)33-20-38-30;1-17(2)26(33-15-23-22(28(33)36)5-4-12-30-23)29(37)32-14-21(34)13-24(32)25(35)11-8-19-6-9-20(10-7-19)27-18(3)31-16-38-27;1-16-4-10-21(32-3)13-22(16)26(31)28-14-20(29)12-23(28)24(30)11-7-18-5-8-19(9-6-18)25-17(2)27-15-33-25/h5-11,13-14,20-21,26-27,29,32,35H,4,12,15-19H2,1-3H3;4-7,9-10,12,16-17,21,24,26,34H,8,11,13-15H2,1-3H3;4-6,8-10,13,15,20,23,29H,7,11-12,14H2,1-3H3/t21-,26+,27-,29-;21-,24+,26+;20-,23+/m011/s1. The summed E-state index contributed by atoms with van der Waals surface area (Å²) in [5, 5.41) is 34.6. The average Bonchev–Trinajstić information content (AvgIpc) is 1.64. The van der Waals surface area contributed by atoms with E-state index in [9.17, 15) is 48.9 Å². The van der Waals surface area contributed by atoms with Crippen molar-refractivity contribution in [3.63, 3.8) is 0 Å². The van der Waals surface area contributed by atoms with E-state index in [4.69, 9.17) is 4.74 Å². The third-order valence-corrected chi connectivity index (χ3v) is 24.3. The predicted molar refractivity (Wildman–Crippen MR) is 426 cm³/mol. The topological polar surface area (TPSA) is 266 Å². The van der Waals surface area contributed by atoms with E-state index in [1.165, 1.54) is 15.4 Å². The van der Waals surface area contributed by atoms with Crippen LogP contribution >= 0.6 is 34.0 Å². The molecule has 4 aromatic heterocycles. The van der Waals surface area contributed by atoms with E-state index in [2.05, 4.69) is 87.6 Å². The Labute approximate surface area is 650 Å². The number of carbonyl (C=O) groups excluding carboxylic acids is 7. The minimum atomic E-state index is -0.768. The van der Waals surface area contributed by atoms with Crippen molar-refractivity contribution in [2.24, 2.45) is 11.8 Å². The zero-order valence-corrected chi connectivity index (χ0v) is 66.0. The lowest BCUT2D eigenvalue weighted by atomic mass is 9.96. The first-order valence-corrected chi connectivity index (χ1v) is 40.3. The maximum absolute atomic E-state index is 13.8. The summed E-state index contributed by atoms with van der Waals surface area (Å²) in [4.78, 5) is 120. The van der Waals surface area contributed by atoms with Crippen LogP contribution in [0.15, 0.2) is 156 Å². The third-order valence-electron chi connectivity index (χ3n) is 21.3. The van der Waals surface area contributed by atoms with Gasteiger partial charge in [0.05, 0.1) is 116 Å². The molecule has 0 unspecified atom stereocenters. The van der Waals surface area contributed by atoms with Crippen LogP contribution in [0, 0.1) is 39.5 Å². The van der Waals surface area contributed by atoms with Gasteiger partial charge in [-0.2, -0.15) is 0 Å². The molecule has 5 aromatic carbocycles. The minimum absolute atomic E-state index is 0.0180. The molecule has 9 atom stereocenters. The van der Waals surface area contributed by atoms with E-state index in [1.54, 1.807) is 81.4 Å². The summed E-state index contributed by atoms with van der Waals surface area (Å²) in [6.45, 7) is 17.2. The molecule has 0 spiro atoms. The fourth-order valence-electron chi connectivity index (χ4n) is 15.0. The van der Waals surface area contributed by atoms with Crippen LogP contribution in [0.25, 0.3) is 31.3 Å². The Morgan fingerprint density at radius 1 is 0.541 bits per heavy atom. The maximum atomic E-state index is 13.8. The highest BCUT2D eigenvalue weighted by molar-refractivity contribution is 7.14. The molecule has 8 heterocycles. The van der Waals surface area contributed by atoms with Gasteiger partial charge in [-0.15, -0.1) is 34.0 Å². The number of Topliss-reactive ketones (excluding diaryl/α,β-unsaturated/α-hetero) is 3. The quantitative estimate of drug-likeness (QED) is 0.0373. The van der Waals surface area contributed by atoms with Crippen molar-refractivity contribution in [1.82, 2.24) is 44.9 Å². The van der Waals surface area contributed by atoms with Crippen LogP contribution in [0.1, 0.15) is 144 Å². The van der Waals surface area contributed by atoms with Gasteiger partial charge < -0.3 is 45.0 Å².